The molecular weight excluding hydrogens is 367 g/mol. The SMILES string of the molecule is CNCC1CCN(C(=O)c2cnc(-c3ccncc3)s2)CC1.Cl.Cl. The fourth-order valence-electron chi connectivity index (χ4n) is 2.79. The van der Waals surface area contributed by atoms with Crippen molar-refractivity contribution in [2.75, 3.05) is 26.7 Å². The molecule has 1 amide bonds. The van der Waals surface area contributed by atoms with Crippen molar-refractivity contribution in [2.24, 2.45) is 5.92 Å². The second-order valence-electron chi connectivity index (χ2n) is 5.56. The van der Waals surface area contributed by atoms with Crippen LogP contribution in [0.3, 0.4) is 0 Å². The number of carbonyl (C=O) groups excluding carboxylic acids is 1. The van der Waals surface area contributed by atoms with Crippen molar-refractivity contribution in [3.8, 4) is 10.6 Å². The van der Waals surface area contributed by atoms with E-state index in [9.17, 15) is 4.79 Å². The van der Waals surface area contributed by atoms with Gasteiger partial charge in [0.1, 0.15) is 9.88 Å². The Balaban J connectivity index is 0.00000144. The van der Waals surface area contributed by atoms with Crippen molar-refractivity contribution < 1.29 is 4.79 Å². The third kappa shape index (κ3) is 4.89. The Morgan fingerprint density at radius 2 is 1.96 bits per heavy atom. The van der Waals surface area contributed by atoms with Gasteiger partial charge in [-0.3, -0.25) is 9.78 Å². The van der Waals surface area contributed by atoms with Gasteiger partial charge in [-0.05, 0) is 44.5 Å². The van der Waals surface area contributed by atoms with E-state index in [-0.39, 0.29) is 30.7 Å². The lowest BCUT2D eigenvalue weighted by molar-refractivity contribution is 0.0695. The maximum absolute atomic E-state index is 12.6. The first-order chi connectivity index (χ1) is 10.8. The van der Waals surface area contributed by atoms with Crippen molar-refractivity contribution in [1.29, 1.82) is 0 Å². The van der Waals surface area contributed by atoms with E-state index >= 15 is 0 Å². The summed E-state index contributed by atoms with van der Waals surface area (Å²) < 4.78 is 0. The van der Waals surface area contributed by atoms with Gasteiger partial charge in [0.2, 0.25) is 0 Å². The van der Waals surface area contributed by atoms with Gasteiger partial charge in [0.05, 0.1) is 6.20 Å². The molecular formula is C16H22Cl2N4OS. The van der Waals surface area contributed by atoms with Crippen LogP contribution in [0.1, 0.15) is 22.5 Å². The topological polar surface area (TPSA) is 58.1 Å². The van der Waals surface area contributed by atoms with E-state index in [1.807, 2.05) is 24.1 Å². The van der Waals surface area contributed by atoms with Crippen LogP contribution in [0.25, 0.3) is 10.6 Å². The Morgan fingerprint density at radius 3 is 2.58 bits per heavy atom. The number of aromatic nitrogens is 2. The molecule has 0 unspecified atom stereocenters. The van der Waals surface area contributed by atoms with Crippen LogP contribution in [0.5, 0.6) is 0 Å². The van der Waals surface area contributed by atoms with Gasteiger partial charge in [0.15, 0.2) is 0 Å². The number of nitrogens with one attached hydrogen (secondary N) is 1. The van der Waals surface area contributed by atoms with E-state index in [1.165, 1.54) is 11.3 Å². The summed E-state index contributed by atoms with van der Waals surface area (Å²) in [5.74, 6) is 0.795. The molecule has 24 heavy (non-hydrogen) atoms. The van der Waals surface area contributed by atoms with Gasteiger partial charge in [-0.1, -0.05) is 0 Å². The highest BCUT2D eigenvalue weighted by molar-refractivity contribution is 7.16. The molecule has 5 nitrogen and oxygen atoms in total. The number of likely N-dealkylation sites (tertiary alicyclic amines) is 1. The third-order valence-corrected chi connectivity index (χ3v) is 5.07. The van der Waals surface area contributed by atoms with E-state index in [4.69, 9.17) is 0 Å². The second kappa shape index (κ2) is 9.93. The number of nitrogens with zero attached hydrogens (tertiary/aromatic N) is 3. The minimum Gasteiger partial charge on any atom is -0.338 e. The summed E-state index contributed by atoms with van der Waals surface area (Å²) >= 11 is 1.46. The number of rotatable bonds is 4. The Hall–Kier alpha value is -1.21. The third-order valence-electron chi connectivity index (χ3n) is 4.04. The number of hydrogen-bond donors (Lipinski definition) is 1. The monoisotopic (exact) mass is 388 g/mol. The molecule has 1 aliphatic rings. The molecule has 1 aliphatic heterocycles. The van der Waals surface area contributed by atoms with Crippen molar-refractivity contribution in [1.82, 2.24) is 20.2 Å². The number of hydrogen-bond acceptors (Lipinski definition) is 5. The van der Waals surface area contributed by atoms with Gasteiger partial charge in [-0.15, -0.1) is 36.2 Å². The molecule has 0 atom stereocenters. The zero-order valence-electron chi connectivity index (χ0n) is 13.5. The summed E-state index contributed by atoms with van der Waals surface area (Å²) in [6.45, 7) is 2.72. The highest BCUT2D eigenvalue weighted by Gasteiger charge is 2.24. The quantitative estimate of drug-likeness (QED) is 0.873. The lowest BCUT2D eigenvalue weighted by Crippen LogP contribution is -2.40. The Bertz CT molecular complexity index is 630. The molecule has 0 saturated carbocycles. The highest BCUT2D eigenvalue weighted by Crippen LogP contribution is 2.26. The Kier molecular flexibility index (Phi) is 8.62. The number of carbonyl (C=O) groups is 1. The Labute approximate surface area is 158 Å². The van der Waals surface area contributed by atoms with Crippen LogP contribution in [0.4, 0.5) is 0 Å². The normalized spacial score (nSPS) is 14.6. The lowest BCUT2D eigenvalue weighted by Gasteiger charge is -2.31. The van der Waals surface area contributed by atoms with Crippen LogP contribution in [0, 0.1) is 5.92 Å². The summed E-state index contributed by atoms with van der Waals surface area (Å²) in [5, 5.41) is 4.09. The minimum absolute atomic E-state index is 0. The number of thiazole rings is 1. The van der Waals surface area contributed by atoms with Gasteiger partial charge < -0.3 is 10.2 Å². The van der Waals surface area contributed by atoms with Crippen LogP contribution in [-0.4, -0.2) is 47.5 Å². The molecule has 2 aromatic heterocycles. The molecule has 0 radical (unpaired) electrons. The minimum atomic E-state index is 0. The van der Waals surface area contributed by atoms with Crippen molar-refractivity contribution in [2.45, 2.75) is 12.8 Å². The van der Waals surface area contributed by atoms with Crippen LogP contribution >= 0.6 is 36.2 Å². The standard InChI is InChI=1S/C16H20N4OS.2ClH/c1-17-10-12-4-8-20(9-5-12)16(21)14-11-19-15(22-14)13-2-6-18-7-3-13;;/h2-3,6-7,11-12,17H,4-5,8-10H2,1H3;2*1H. The van der Waals surface area contributed by atoms with E-state index in [1.54, 1.807) is 18.6 Å². The number of pyridine rings is 1. The molecule has 2 aromatic rings. The highest BCUT2D eigenvalue weighted by atomic mass is 35.5. The maximum Gasteiger partial charge on any atom is 0.265 e. The van der Waals surface area contributed by atoms with Gasteiger partial charge >= 0.3 is 0 Å². The maximum atomic E-state index is 12.6. The molecule has 1 N–H and O–H groups in total. The molecule has 0 aliphatic carbocycles. The zero-order chi connectivity index (χ0) is 15.4. The largest absolute Gasteiger partial charge is 0.338 e. The summed E-state index contributed by atoms with van der Waals surface area (Å²) in [5.41, 5.74) is 1.01. The first-order valence-electron chi connectivity index (χ1n) is 7.58. The second-order valence-corrected chi connectivity index (χ2v) is 6.59. The van der Waals surface area contributed by atoms with Gasteiger partial charge in [-0.2, -0.15) is 0 Å². The summed E-state index contributed by atoms with van der Waals surface area (Å²) in [6.07, 6.45) is 7.32. The summed E-state index contributed by atoms with van der Waals surface area (Å²) in [6, 6.07) is 3.83. The molecule has 0 bridgehead atoms. The van der Waals surface area contributed by atoms with Crippen molar-refractivity contribution in [3.05, 3.63) is 35.6 Å². The molecule has 3 rings (SSSR count). The summed E-state index contributed by atoms with van der Waals surface area (Å²) in [4.78, 5) is 23.6. The molecule has 0 spiro atoms. The first kappa shape index (κ1) is 20.8. The average Bonchev–Trinajstić information content (AvgIpc) is 3.06. The predicted octanol–water partition coefficient (Wildman–Crippen LogP) is 3.12. The van der Waals surface area contributed by atoms with E-state index in [0.29, 0.717) is 5.92 Å². The Morgan fingerprint density at radius 1 is 1.29 bits per heavy atom. The number of halogens is 2. The van der Waals surface area contributed by atoms with Gasteiger partial charge in [0.25, 0.3) is 5.91 Å². The predicted molar refractivity (Wildman–Crippen MR) is 102 cm³/mol. The van der Waals surface area contributed by atoms with Crippen LogP contribution < -0.4 is 5.32 Å². The van der Waals surface area contributed by atoms with Crippen LogP contribution in [0.2, 0.25) is 0 Å². The molecule has 132 valence electrons. The van der Waals surface area contributed by atoms with Crippen molar-refractivity contribution in [3.63, 3.8) is 0 Å². The fraction of sp³-hybridized carbons (Fsp3) is 0.438. The van der Waals surface area contributed by atoms with Crippen molar-refractivity contribution >= 4 is 42.1 Å². The summed E-state index contributed by atoms with van der Waals surface area (Å²) in [7, 11) is 1.98. The molecule has 1 saturated heterocycles. The van der Waals surface area contributed by atoms with Crippen LogP contribution in [-0.2, 0) is 0 Å². The van der Waals surface area contributed by atoms with E-state index < -0.39 is 0 Å². The lowest BCUT2D eigenvalue weighted by atomic mass is 9.97. The molecule has 1 fully saturated rings. The number of piperidine rings is 1. The first-order valence-corrected chi connectivity index (χ1v) is 8.39. The van der Waals surface area contributed by atoms with E-state index in [0.717, 1.165) is 47.9 Å². The molecule has 8 heteroatoms. The molecule has 0 aromatic carbocycles. The van der Waals surface area contributed by atoms with Gasteiger partial charge in [-0.25, -0.2) is 4.98 Å². The average molecular weight is 389 g/mol. The zero-order valence-corrected chi connectivity index (χ0v) is 15.9. The van der Waals surface area contributed by atoms with Gasteiger partial charge in [0, 0.05) is 31.0 Å². The molecule has 3 heterocycles. The number of amides is 1. The van der Waals surface area contributed by atoms with E-state index in [2.05, 4.69) is 15.3 Å². The van der Waals surface area contributed by atoms with Crippen LogP contribution in [0.15, 0.2) is 30.7 Å². The smallest absolute Gasteiger partial charge is 0.265 e. The fourth-order valence-corrected chi connectivity index (χ4v) is 3.68.